The van der Waals surface area contributed by atoms with Gasteiger partial charge in [-0.25, -0.2) is 4.39 Å². The Morgan fingerprint density at radius 3 is 2.75 bits per heavy atom. The molecule has 2 aromatic carbocycles. The molecule has 0 unspecified atom stereocenters. The highest BCUT2D eigenvalue weighted by molar-refractivity contribution is 5.46. The van der Waals surface area contributed by atoms with Gasteiger partial charge in [0.2, 0.25) is 6.79 Å². The molecule has 2 aliphatic rings. The van der Waals surface area contributed by atoms with Gasteiger partial charge in [0.05, 0.1) is 6.61 Å². The number of aliphatic hydroxyl groups excluding tert-OH is 1. The first-order valence-corrected chi connectivity index (χ1v) is 9.84. The summed E-state index contributed by atoms with van der Waals surface area (Å²) in [7, 11) is 0. The molecule has 0 spiro atoms. The zero-order valence-electron chi connectivity index (χ0n) is 15.9. The number of rotatable bonds is 7. The molecule has 1 fully saturated rings. The fourth-order valence-electron chi connectivity index (χ4n) is 4.09. The number of halogens is 1. The molecule has 0 radical (unpaired) electrons. The molecule has 5 nitrogen and oxygen atoms in total. The van der Waals surface area contributed by atoms with Crippen molar-refractivity contribution in [1.82, 2.24) is 4.90 Å². The van der Waals surface area contributed by atoms with Crippen LogP contribution in [-0.2, 0) is 0 Å². The van der Waals surface area contributed by atoms with Crippen LogP contribution < -0.4 is 14.2 Å². The molecule has 0 aliphatic carbocycles. The van der Waals surface area contributed by atoms with Gasteiger partial charge in [-0.3, -0.25) is 0 Å². The van der Waals surface area contributed by atoms with Gasteiger partial charge in [0.1, 0.15) is 11.6 Å². The molecule has 4 rings (SSSR count). The van der Waals surface area contributed by atoms with Crippen LogP contribution in [0, 0.1) is 11.7 Å². The third-order valence-corrected chi connectivity index (χ3v) is 5.56. The summed E-state index contributed by atoms with van der Waals surface area (Å²) in [5, 5.41) is 9.14. The van der Waals surface area contributed by atoms with Gasteiger partial charge in [0.15, 0.2) is 11.5 Å². The summed E-state index contributed by atoms with van der Waals surface area (Å²) in [4.78, 5) is 2.38. The van der Waals surface area contributed by atoms with Crippen molar-refractivity contribution in [3.05, 3.63) is 53.8 Å². The summed E-state index contributed by atoms with van der Waals surface area (Å²) >= 11 is 0. The van der Waals surface area contributed by atoms with Crippen molar-refractivity contribution in [1.29, 1.82) is 0 Å². The van der Waals surface area contributed by atoms with Crippen LogP contribution in [-0.4, -0.2) is 49.6 Å². The number of benzene rings is 2. The van der Waals surface area contributed by atoms with Crippen molar-refractivity contribution in [2.45, 2.75) is 18.8 Å². The Morgan fingerprint density at radius 1 is 1.11 bits per heavy atom. The van der Waals surface area contributed by atoms with E-state index in [1.54, 1.807) is 0 Å². The van der Waals surface area contributed by atoms with Crippen LogP contribution in [0.5, 0.6) is 17.2 Å². The van der Waals surface area contributed by atoms with Crippen molar-refractivity contribution in [3.8, 4) is 17.2 Å². The van der Waals surface area contributed by atoms with E-state index in [-0.39, 0.29) is 25.1 Å². The first kappa shape index (κ1) is 19.0. The highest BCUT2D eigenvalue weighted by Gasteiger charge is 2.31. The molecule has 2 aromatic rings. The van der Waals surface area contributed by atoms with Crippen LogP contribution in [0.25, 0.3) is 0 Å². The lowest BCUT2D eigenvalue weighted by Gasteiger charge is -2.38. The molecule has 0 saturated carbocycles. The Bertz CT molecular complexity index is 783. The smallest absolute Gasteiger partial charge is 0.231 e. The molecule has 6 heteroatoms. The number of likely N-dealkylation sites (tertiary alicyclic amines) is 1. The molecule has 2 aliphatic heterocycles. The number of aliphatic hydroxyl groups is 1. The monoisotopic (exact) mass is 387 g/mol. The molecular formula is C22H26FNO4. The lowest BCUT2D eigenvalue weighted by molar-refractivity contribution is 0.105. The molecular weight excluding hydrogens is 361 g/mol. The van der Waals surface area contributed by atoms with Gasteiger partial charge in [0.25, 0.3) is 0 Å². The Labute approximate surface area is 164 Å². The van der Waals surface area contributed by atoms with Crippen molar-refractivity contribution in [2.24, 2.45) is 5.92 Å². The second kappa shape index (κ2) is 8.80. The minimum atomic E-state index is -0.211. The highest BCUT2D eigenvalue weighted by atomic mass is 19.1. The number of piperidine rings is 1. The molecule has 0 bridgehead atoms. The summed E-state index contributed by atoms with van der Waals surface area (Å²) in [5.41, 5.74) is 1.16. The van der Waals surface area contributed by atoms with E-state index in [4.69, 9.17) is 19.3 Å². The molecule has 2 atom stereocenters. The molecule has 28 heavy (non-hydrogen) atoms. The first-order valence-electron chi connectivity index (χ1n) is 9.84. The third-order valence-electron chi connectivity index (χ3n) is 5.56. The predicted octanol–water partition coefficient (Wildman–Crippen LogP) is 3.42. The van der Waals surface area contributed by atoms with Gasteiger partial charge in [0, 0.05) is 31.7 Å². The Kier molecular flexibility index (Phi) is 5.98. The lowest BCUT2D eigenvalue weighted by atomic mass is 9.81. The summed E-state index contributed by atoms with van der Waals surface area (Å²) in [5.74, 6) is 2.60. The number of ether oxygens (including phenoxy) is 3. The second-order valence-electron chi connectivity index (χ2n) is 7.41. The van der Waals surface area contributed by atoms with Gasteiger partial charge >= 0.3 is 0 Å². The van der Waals surface area contributed by atoms with E-state index in [1.165, 1.54) is 12.1 Å². The normalized spacial score (nSPS) is 21.6. The zero-order valence-corrected chi connectivity index (χ0v) is 15.9. The highest BCUT2D eigenvalue weighted by Crippen LogP contribution is 2.37. The average Bonchev–Trinajstić information content (AvgIpc) is 3.19. The van der Waals surface area contributed by atoms with Gasteiger partial charge in [-0.2, -0.15) is 0 Å². The van der Waals surface area contributed by atoms with E-state index < -0.39 is 0 Å². The van der Waals surface area contributed by atoms with Crippen LogP contribution in [0.1, 0.15) is 24.3 Å². The van der Waals surface area contributed by atoms with E-state index >= 15 is 0 Å². The second-order valence-corrected chi connectivity index (χ2v) is 7.41. The quantitative estimate of drug-likeness (QED) is 0.789. The topological polar surface area (TPSA) is 51.2 Å². The molecule has 150 valence electrons. The fourth-order valence-corrected chi connectivity index (χ4v) is 4.09. The Morgan fingerprint density at radius 2 is 1.93 bits per heavy atom. The number of hydrogen-bond acceptors (Lipinski definition) is 5. The summed E-state index contributed by atoms with van der Waals surface area (Å²) < 4.78 is 30.2. The predicted molar refractivity (Wildman–Crippen MR) is 103 cm³/mol. The minimum Gasteiger partial charge on any atom is -0.493 e. The fraction of sp³-hybridized carbons (Fsp3) is 0.455. The molecule has 0 aromatic heterocycles. The molecule has 0 amide bonds. The number of nitrogens with zero attached hydrogens (tertiary/aromatic N) is 1. The van der Waals surface area contributed by atoms with Gasteiger partial charge in [-0.1, -0.05) is 12.1 Å². The van der Waals surface area contributed by atoms with Crippen LogP contribution >= 0.6 is 0 Å². The summed E-state index contributed by atoms with van der Waals surface area (Å²) in [6, 6.07) is 12.5. The average molecular weight is 387 g/mol. The van der Waals surface area contributed by atoms with E-state index in [9.17, 15) is 4.39 Å². The first-order chi connectivity index (χ1) is 13.7. The Balaban J connectivity index is 1.46. The largest absolute Gasteiger partial charge is 0.493 e. The van der Waals surface area contributed by atoms with Gasteiger partial charge < -0.3 is 24.2 Å². The standard InChI is InChI=1S/C22H26FNO4/c23-18-4-2-16(3-5-18)20-8-10-24(9-1-11-25)13-17(20)14-26-19-6-7-21-22(12-19)28-15-27-21/h2-7,12,17,20,25H,1,8-11,13-15H2/t17-,20-/m0/s1. The van der Waals surface area contributed by atoms with Crippen molar-refractivity contribution >= 4 is 0 Å². The van der Waals surface area contributed by atoms with Gasteiger partial charge in [-0.15, -0.1) is 0 Å². The summed E-state index contributed by atoms with van der Waals surface area (Å²) in [6.07, 6.45) is 1.77. The van der Waals surface area contributed by atoms with Crippen LogP contribution in [0.3, 0.4) is 0 Å². The van der Waals surface area contributed by atoms with Crippen molar-refractivity contribution in [2.75, 3.05) is 39.6 Å². The van der Waals surface area contributed by atoms with E-state index in [2.05, 4.69) is 4.90 Å². The van der Waals surface area contributed by atoms with Crippen LogP contribution in [0.4, 0.5) is 4.39 Å². The maximum Gasteiger partial charge on any atom is 0.231 e. The molecule has 1 N–H and O–H groups in total. The number of hydrogen-bond donors (Lipinski definition) is 1. The molecule has 1 saturated heterocycles. The molecule has 2 heterocycles. The van der Waals surface area contributed by atoms with Crippen molar-refractivity contribution < 1.29 is 23.7 Å². The van der Waals surface area contributed by atoms with Crippen LogP contribution in [0.15, 0.2) is 42.5 Å². The van der Waals surface area contributed by atoms with E-state index in [0.29, 0.717) is 18.3 Å². The SMILES string of the molecule is OCCCN1CC[C@@H](c2ccc(F)cc2)[C@H](COc2ccc3c(c2)OCO3)C1. The number of fused-ring (bicyclic) bond motifs is 1. The van der Waals surface area contributed by atoms with Gasteiger partial charge in [-0.05, 0) is 55.1 Å². The minimum absolute atomic E-state index is 0.205. The maximum absolute atomic E-state index is 13.4. The summed E-state index contributed by atoms with van der Waals surface area (Å²) in [6.45, 7) is 3.77. The van der Waals surface area contributed by atoms with Crippen molar-refractivity contribution in [3.63, 3.8) is 0 Å². The van der Waals surface area contributed by atoms with Crippen LogP contribution in [0.2, 0.25) is 0 Å². The Hall–Kier alpha value is -2.31. The third kappa shape index (κ3) is 4.39. The lowest BCUT2D eigenvalue weighted by Crippen LogP contribution is -2.42. The van der Waals surface area contributed by atoms with E-state index in [0.717, 1.165) is 49.5 Å². The zero-order chi connectivity index (χ0) is 19.3. The maximum atomic E-state index is 13.4. The van der Waals surface area contributed by atoms with E-state index in [1.807, 2.05) is 30.3 Å².